The van der Waals surface area contributed by atoms with Crippen LogP contribution in [0.5, 0.6) is 0 Å². The zero-order valence-corrected chi connectivity index (χ0v) is 13.1. The SMILES string of the molecule is Nc1nccnc1C(=O)OCC(=O)NCCSc1ccccc1. The summed E-state index contributed by atoms with van der Waals surface area (Å²) in [6.07, 6.45) is 2.69. The highest BCUT2D eigenvalue weighted by molar-refractivity contribution is 7.99. The number of anilines is 1. The van der Waals surface area contributed by atoms with Crippen molar-refractivity contribution in [3.05, 3.63) is 48.4 Å². The Hall–Kier alpha value is -2.61. The van der Waals surface area contributed by atoms with Gasteiger partial charge in [-0.2, -0.15) is 0 Å². The predicted molar refractivity (Wildman–Crippen MR) is 86.9 cm³/mol. The first-order chi connectivity index (χ1) is 11.2. The molecule has 1 amide bonds. The first kappa shape index (κ1) is 16.8. The Morgan fingerprint density at radius 2 is 1.91 bits per heavy atom. The van der Waals surface area contributed by atoms with E-state index < -0.39 is 5.97 Å². The van der Waals surface area contributed by atoms with Gasteiger partial charge in [0.2, 0.25) is 0 Å². The molecular weight excluding hydrogens is 316 g/mol. The molecule has 0 radical (unpaired) electrons. The number of benzene rings is 1. The van der Waals surface area contributed by atoms with E-state index in [2.05, 4.69) is 15.3 Å². The average Bonchev–Trinajstić information content (AvgIpc) is 2.58. The molecule has 0 bridgehead atoms. The number of carbonyl (C=O) groups excluding carboxylic acids is 2. The second kappa shape index (κ2) is 8.74. The van der Waals surface area contributed by atoms with Crippen LogP contribution in [0.2, 0.25) is 0 Å². The monoisotopic (exact) mass is 332 g/mol. The summed E-state index contributed by atoms with van der Waals surface area (Å²) in [5, 5.41) is 2.67. The van der Waals surface area contributed by atoms with Gasteiger partial charge in [0.25, 0.3) is 5.91 Å². The number of amides is 1. The van der Waals surface area contributed by atoms with Gasteiger partial charge in [-0.15, -0.1) is 11.8 Å². The third kappa shape index (κ3) is 5.59. The molecule has 0 atom stereocenters. The smallest absolute Gasteiger partial charge is 0.361 e. The van der Waals surface area contributed by atoms with Crippen LogP contribution < -0.4 is 11.1 Å². The second-order valence-electron chi connectivity index (χ2n) is 4.38. The lowest BCUT2D eigenvalue weighted by Crippen LogP contribution is -2.30. The largest absolute Gasteiger partial charge is 0.451 e. The molecule has 0 saturated heterocycles. The zero-order chi connectivity index (χ0) is 16.5. The molecule has 3 N–H and O–H groups in total. The lowest BCUT2D eigenvalue weighted by atomic mass is 10.4. The summed E-state index contributed by atoms with van der Waals surface area (Å²) in [6, 6.07) is 9.86. The molecule has 1 heterocycles. The lowest BCUT2D eigenvalue weighted by Gasteiger charge is -2.07. The molecule has 0 spiro atoms. The molecule has 0 aliphatic carbocycles. The van der Waals surface area contributed by atoms with Crippen LogP contribution in [0.1, 0.15) is 10.5 Å². The van der Waals surface area contributed by atoms with E-state index in [1.165, 1.54) is 12.4 Å². The van der Waals surface area contributed by atoms with Crippen molar-refractivity contribution in [2.45, 2.75) is 4.90 Å². The van der Waals surface area contributed by atoms with Gasteiger partial charge in [0.15, 0.2) is 18.1 Å². The Morgan fingerprint density at radius 1 is 1.17 bits per heavy atom. The third-order valence-electron chi connectivity index (χ3n) is 2.69. The van der Waals surface area contributed by atoms with Crippen LogP contribution in [0.25, 0.3) is 0 Å². The number of nitrogens with two attached hydrogens (primary N) is 1. The second-order valence-corrected chi connectivity index (χ2v) is 5.55. The van der Waals surface area contributed by atoms with Crippen LogP contribution in [0.3, 0.4) is 0 Å². The molecule has 1 aromatic heterocycles. The molecular formula is C15H16N4O3S. The fourth-order valence-electron chi connectivity index (χ4n) is 1.63. The normalized spacial score (nSPS) is 10.1. The van der Waals surface area contributed by atoms with E-state index in [0.717, 1.165) is 10.6 Å². The van der Waals surface area contributed by atoms with Crippen LogP contribution in [0, 0.1) is 0 Å². The van der Waals surface area contributed by atoms with Crippen molar-refractivity contribution in [2.24, 2.45) is 0 Å². The van der Waals surface area contributed by atoms with E-state index >= 15 is 0 Å². The van der Waals surface area contributed by atoms with Gasteiger partial charge in [-0.1, -0.05) is 18.2 Å². The summed E-state index contributed by atoms with van der Waals surface area (Å²) in [6.45, 7) is 0.0913. The van der Waals surface area contributed by atoms with Gasteiger partial charge >= 0.3 is 5.97 Å². The fraction of sp³-hybridized carbons (Fsp3) is 0.200. The minimum atomic E-state index is -0.774. The van der Waals surface area contributed by atoms with Crippen LogP contribution >= 0.6 is 11.8 Å². The number of nitrogens with one attached hydrogen (secondary N) is 1. The molecule has 120 valence electrons. The molecule has 2 rings (SSSR count). The van der Waals surface area contributed by atoms with Gasteiger partial charge in [0.05, 0.1) is 0 Å². The van der Waals surface area contributed by atoms with E-state index in [1.807, 2.05) is 30.3 Å². The van der Waals surface area contributed by atoms with Crippen molar-refractivity contribution in [1.82, 2.24) is 15.3 Å². The average molecular weight is 332 g/mol. The van der Waals surface area contributed by atoms with Gasteiger partial charge in [-0.3, -0.25) is 4.79 Å². The van der Waals surface area contributed by atoms with Crippen LogP contribution in [-0.4, -0.2) is 40.7 Å². The topological polar surface area (TPSA) is 107 Å². The van der Waals surface area contributed by atoms with E-state index in [4.69, 9.17) is 10.5 Å². The highest BCUT2D eigenvalue weighted by Crippen LogP contribution is 2.15. The van der Waals surface area contributed by atoms with Crippen molar-refractivity contribution in [3.63, 3.8) is 0 Å². The molecule has 0 aliphatic heterocycles. The first-order valence-corrected chi connectivity index (χ1v) is 7.83. The lowest BCUT2D eigenvalue weighted by molar-refractivity contribution is -0.124. The number of carbonyl (C=O) groups is 2. The quantitative estimate of drug-likeness (QED) is 0.444. The van der Waals surface area contributed by atoms with Gasteiger partial charge in [-0.05, 0) is 12.1 Å². The number of nitrogens with zero attached hydrogens (tertiary/aromatic N) is 2. The van der Waals surface area contributed by atoms with E-state index in [9.17, 15) is 9.59 Å². The number of thioether (sulfide) groups is 1. The number of nitrogen functional groups attached to an aromatic ring is 1. The Balaban J connectivity index is 1.65. The summed E-state index contributed by atoms with van der Waals surface area (Å²) >= 11 is 1.63. The third-order valence-corrected chi connectivity index (χ3v) is 3.70. The minimum absolute atomic E-state index is 0.0304. The maximum absolute atomic E-state index is 11.7. The van der Waals surface area contributed by atoms with E-state index in [1.54, 1.807) is 11.8 Å². The molecule has 1 aromatic carbocycles. The molecule has 8 heteroatoms. The highest BCUT2D eigenvalue weighted by atomic mass is 32.2. The maximum Gasteiger partial charge on any atom is 0.361 e. The number of rotatable bonds is 7. The van der Waals surface area contributed by atoms with E-state index in [-0.39, 0.29) is 24.0 Å². The fourth-order valence-corrected chi connectivity index (χ4v) is 2.42. The highest BCUT2D eigenvalue weighted by Gasteiger charge is 2.15. The molecule has 0 aliphatic rings. The number of ether oxygens (including phenoxy) is 1. The van der Waals surface area contributed by atoms with Crippen molar-refractivity contribution in [1.29, 1.82) is 0 Å². The minimum Gasteiger partial charge on any atom is -0.451 e. The molecule has 7 nitrogen and oxygen atoms in total. The zero-order valence-electron chi connectivity index (χ0n) is 12.3. The summed E-state index contributed by atoms with van der Waals surface area (Å²) < 4.78 is 4.85. The van der Waals surface area contributed by atoms with Crippen molar-refractivity contribution in [3.8, 4) is 0 Å². The number of hydrogen-bond donors (Lipinski definition) is 2. The van der Waals surface area contributed by atoms with Crippen molar-refractivity contribution < 1.29 is 14.3 Å². The Kier molecular flexibility index (Phi) is 6.37. The van der Waals surface area contributed by atoms with Crippen LogP contribution in [0.15, 0.2) is 47.6 Å². The molecule has 0 unspecified atom stereocenters. The summed E-state index contributed by atoms with van der Waals surface area (Å²) in [7, 11) is 0. The van der Waals surface area contributed by atoms with Gasteiger partial charge in [0, 0.05) is 29.6 Å². The summed E-state index contributed by atoms with van der Waals surface area (Å²) in [4.78, 5) is 31.9. The summed E-state index contributed by atoms with van der Waals surface area (Å²) in [5.74, 6) is -0.461. The van der Waals surface area contributed by atoms with Gasteiger partial charge < -0.3 is 15.8 Å². The van der Waals surface area contributed by atoms with Crippen LogP contribution in [0.4, 0.5) is 5.82 Å². The van der Waals surface area contributed by atoms with Crippen molar-refractivity contribution in [2.75, 3.05) is 24.6 Å². The number of hydrogen-bond acceptors (Lipinski definition) is 7. The number of esters is 1. The van der Waals surface area contributed by atoms with Gasteiger partial charge in [-0.25, -0.2) is 14.8 Å². The Labute approximate surface area is 137 Å². The Morgan fingerprint density at radius 3 is 2.65 bits per heavy atom. The summed E-state index contributed by atoms with van der Waals surface area (Å²) in [5.41, 5.74) is 5.41. The molecule has 2 aromatic rings. The van der Waals surface area contributed by atoms with Gasteiger partial charge in [0.1, 0.15) is 0 Å². The van der Waals surface area contributed by atoms with E-state index in [0.29, 0.717) is 6.54 Å². The van der Waals surface area contributed by atoms with Crippen molar-refractivity contribution >= 4 is 29.5 Å². The Bertz CT molecular complexity index is 667. The molecule has 0 fully saturated rings. The van der Waals surface area contributed by atoms with Crippen LogP contribution in [-0.2, 0) is 9.53 Å². The number of aromatic nitrogens is 2. The first-order valence-electron chi connectivity index (χ1n) is 6.85. The maximum atomic E-state index is 11.7. The predicted octanol–water partition coefficient (Wildman–Crippen LogP) is 1.12. The standard InChI is InChI=1S/C15H16N4O3S/c16-14-13(18-6-7-19-14)15(21)22-10-12(20)17-8-9-23-11-4-2-1-3-5-11/h1-7H,8-10H2,(H2,16,19)(H,17,20). The molecule has 0 saturated carbocycles. The molecule has 23 heavy (non-hydrogen) atoms.